The van der Waals surface area contributed by atoms with Crippen LogP contribution in [0.3, 0.4) is 0 Å². The lowest BCUT2D eigenvalue weighted by Crippen LogP contribution is -2.15. The highest BCUT2D eigenvalue weighted by Crippen LogP contribution is 2.28. The second kappa shape index (κ2) is 6.02. The molecule has 1 amide bonds. The molecule has 2 N–H and O–H groups in total. The molecule has 19 heavy (non-hydrogen) atoms. The molecule has 1 aromatic heterocycles. The van der Waals surface area contributed by atoms with Crippen molar-refractivity contribution in [2.45, 2.75) is 39.0 Å². The number of aryl methyl sites for hydroxylation is 1. The minimum Gasteiger partial charge on any atom is -0.477 e. The van der Waals surface area contributed by atoms with E-state index in [4.69, 9.17) is 5.11 Å². The number of anilines is 1. The number of carbonyl (C=O) groups excluding carboxylic acids is 1. The number of rotatable bonds is 4. The molecule has 0 atom stereocenters. The first-order valence-electron chi connectivity index (χ1n) is 6.37. The van der Waals surface area contributed by atoms with Crippen molar-refractivity contribution in [1.29, 1.82) is 0 Å². The second-order valence-corrected chi connectivity index (χ2v) is 5.64. The van der Waals surface area contributed by atoms with Crippen molar-refractivity contribution in [3.63, 3.8) is 0 Å². The highest BCUT2D eigenvalue weighted by atomic mass is 32.1. The summed E-state index contributed by atoms with van der Waals surface area (Å²) in [6.45, 7) is 1.80. The Morgan fingerprint density at radius 3 is 2.84 bits per heavy atom. The largest absolute Gasteiger partial charge is 0.477 e. The van der Waals surface area contributed by atoms with Crippen LogP contribution in [0, 0.1) is 6.92 Å². The monoisotopic (exact) mass is 279 g/mol. The average molecular weight is 279 g/mol. The van der Waals surface area contributed by atoms with Crippen LogP contribution in [0.2, 0.25) is 0 Å². The molecule has 0 saturated heterocycles. The van der Waals surface area contributed by atoms with E-state index in [9.17, 15) is 9.59 Å². The van der Waals surface area contributed by atoms with Gasteiger partial charge in [-0.2, -0.15) is 0 Å². The molecular formula is C14H17NO3S. The summed E-state index contributed by atoms with van der Waals surface area (Å²) in [5.74, 6) is -1.12. The van der Waals surface area contributed by atoms with Crippen LogP contribution in [-0.2, 0) is 4.79 Å². The number of carbonyl (C=O) groups is 2. The lowest BCUT2D eigenvalue weighted by atomic mass is 9.97. The first kappa shape index (κ1) is 13.8. The maximum Gasteiger partial charge on any atom is 0.348 e. The first-order valence-corrected chi connectivity index (χ1v) is 7.25. The molecule has 1 aromatic rings. The standard InChI is InChI=1S/C14H17NO3S/c1-9-8-19-13(14(17)18)12(9)15-11(16)7-10-5-3-2-4-6-10/h5,8H,2-4,6-7H2,1H3,(H,15,16)(H,17,18). The molecule has 0 aromatic carbocycles. The molecule has 0 saturated carbocycles. The minimum atomic E-state index is -0.995. The van der Waals surface area contributed by atoms with Gasteiger partial charge in [0.05, 0.1) is 5.69 Å². The number of hydrogen-bond donors (Lipinski definition) is 2. The van der Waals surface area contributed by atoms with Gasteiger partial charge in [0.2, 0.25) is 5.91 Å². The van der Waals surface area contributed by atoms with Crippen molar-refractivity contribution in [2.24, 2.45) is 0 Å². The molecule has 5 heteroatoms. The van der Waals surface area contributed by atoms with E-state index < -0.39 is 5.97 Å². The van der Waals surface area contributed by atoms with Crippen LogP contribution in [0.5, 0.6) is 0 Å². The van der Waals surface area contributed by atoms with Crippen molar-refractivity contribution in [2.75, 3.05) is 5.32 Å². The smallest absolute Gasteiger partial charge is 0.348 e. The van der Waals surface area contributed by atoms with Crippen molar-refractivity contribution >= 4 is 28.9 Å². The Kier molecular flexibility index (Phi) is 4.37. The zero-order valence-electron chi connectivity index (χ0n) is 10.9. The zero-order chi connectivity index (χ0) is 13.8. The molecule has 4 nitrogen and oxygen atoms in total. The zero-order valence-corrected chi connectivity index (χ0v) is 11.7. The Bertz CT molecular complexity index is 531. The number of allylic oxidation sites excluding steroid dienone is 1. The lowest BCUT2D eigenvalue weighted by molar-refractivity contribution is -0.115. The summed E-state index contributed by atoms with van der Waals surface area (Å²) >= 11 is 1.14. The highest BCUT2D eigenvalue weighted by Gasteiger charge is 2.18. The van der Waals surface area contributed by atoms with Gasteiger partial charge in [0.1, 0.15) is 4.88 Å². The number of thiophene rings is 1. The van der Waals surface area contributed by atoms with Crippen LogP contribution in [0.25, 0.3) is 0 Å². The molecule has 0 fully saturated rings. The molecule has 0 spiro atoms. The highest BCUT2D eigenvalue weighted by molar-refractivity contribution is 7.12. The molecule has 2 rings (SSSR count). The molecule has 0 aliphatic heterocycles. The van der Waals surface area contributed by atoms with Gasteiger partial charge >= 0.3 is 5.97 Å². The molecule has 1 heterocycles. The van der Waals surface area contributed by atoms with E-state index in [-0.39, 0.29) is 10.8 Å². The Morgan fingerprint density at radius 1 is 1.42 bits per heavy atom. The Labute approximate surface area is 116 Å². The third kappa shape index (κ3) is 3.44. The van der Waals surface area contributed by atoms with E-state index >= 15 is 0 Å². The maximum atomic E-state index is 12.0. The van der Waals surface area contributed by atoms with Gasteiger partial charge in [-0.15, -0.1) is 11.3 Å². The molecule has 1 aliphatic carbocycles. The molecule has 0 bridgehead atoms. The number of hydrogen-bond acceptors (Lipinski definition) is 3. The van der Waals surface area contributed by atoms with E-state index in [1.807, 2.05) is 0 Å². The van der Waals surface area contributed by atoms with E-state index in [0.717, 1.165) is 41.7 Å². The van der Waals surface area contributed by atoms with Gasteiger partial charge in [-0.05, 0) is 43.6 Å². The first-order chi connectivity index (χ1) is 9.08. The number of amides is 1. The van der Waals surface area contributed by atoms with E-state index in [2.05, 4.69) is 11.4 Å². The van der Waals surface area contributed by atoms with E-state index in [1.165, 1.54) is 6.42 Å². The Hall–Kier alpha value is -1.62. The van der Waals surface area contributed by atoms with Crippen LogP contribution in [0.4, 0.5) is 5.69 Å². The van der Waals surface area contributed by atoms with Crippen molar-refractivity contribution in [3.05, 3.63) is 27.5 Å². The molecule has 0 unspecified atom stereocenters. The van der Waals surface area contributed by atoms with Gasteiger partial charge < -0.3 is 10.4 Å². The topological polar surface area (TPSA) is 66.4 Å². The summed E-state index contributed by atoms with van der Waals surface area (Å²) in [7, 11) is 0. The fourth-order valence-electron chi connectivity index (χ4n) is 2.21. The lowest BCUT2D eigenvalue weighted by Gasteiger charge is -2.12. The number of nitrogens with one attached hydrogen (secondary N) is 1. The van der Waals surface area contributed by atoms with Crippen LogP contribution in [0.1, 0.15) is 47.3 Å². The van der Waals surface area contributed by atoms with Gasteiger partial charge in [0.15, 0.2) is 0 Å². The predicted octanol–water partition coefficient (Wildman–Crippen LogP) is 3.58. The molecule has 1 aliphatic rings. The van der Waals surface area contributed by atoms with Crippen LogP contribution in [-0.4, -0.2) is 17.0 Å². The van der Waals surface area contributed by atoms with Gasteiger partial charge in [-0.25, -0.2) is 4.79 Å². The van der Waals surface area contributed by atoms with Crippen LogP contribution >= 0.6 is 11.3 Å². The van der Waals surface area contributed by atoms with Crippen LogP contribution < -0.4 is 5.32 Å². The summed E-state index contributed by atoms with van der Waals surface area (Å²) < 4.78 is 0. The number of aromatic carboxylic acids is 1. The normalized spacial score (nSPS) is 14.9. The van der Waals surface area contributed by atoms with Gasteiger partial charge in [0.25, 0.3) is 0 Å². The second-order valence-electron chi connectivity index (χ2n) is 4.76. The average Bonchev–Trinajstić information content (AvgIpc) is 2.72. The molecule has 102 valence electrons. The maximum absolute atomic E-state index is 12.0. The third-order valence-electron chi connectivity index (χ3n) is 3.21. The van der Waals surface area contributed by atoms with Crippen LogP contribution in [0.15, 0.2) is 17.0 Å². The number of carboxylic acids is 1. The SMILES string of the molecule is Cc1csc(C(=O)O)c1NC(=O)CC1=CCCCC1. The Balaban J connectivity index is 2.04. The van der Waals surface area contributed by atoms with Crippen molar-refractivity contribution in [3.8, 4) is 0 Å². The molecular weight excluding hydrogens is 262 g/mol. The third-order valence-corrected chi connectivity index (χ3v) is 4.29. The van der Waals surface area contributed by atoms with Gasteiger partial charge in [0, 0.05) is 6.42 Å². The Morgan fingerprint density at radius 2 is 2.21 bits per heavy atom. The summed E-state index contributed by atoms with van der Waals surface area (Å²) in [6, 6.07) is 0. The van der Waals surface area contributed by atoms with E-state index in [0.29, 0.717) is 12.1 Å². The molecule has 0 radical (unpaired) electrons. The van der Waals surface area contributed by atoms with Crippen molar-refractivity contribution in [1.82, 2.24) is 0 Å². The van der Waals surface area contributed by atoms with Crippen molar-refractivity contribution < 1.29 is 14.7 Å². The predicted molar refractivity (Wildman–Crippen MR) is 75.8 cm³/mol. The fourth-order valence-corrected chi connectivity index (χ4v) is 3.06. The summed E-state index contributed by atoms with van der Waals surface area (Å²) in [6.07, 6.45) is 6.84. The van der Waals surface area contributed by atoms with Gasteiger partial charge in [-0.1, -0.05) is 11.6 Å². The number of carboxylic acid groups (broad SMARTS) is 1. The quantitative estimate of drug-likeness (QED) is 0.828. The van der Waals surface area contributed by atoms with Gasteiger partial charge in [-0.3, -0.25) is 4.79 Å². The fraction of sp³-hybridized carbons (Fsp3) is 0.429. The summed E-state index contributed by atoms with van der Waals surface area (Å²) in [5, 5.41) is 13.5. The minimum absolute atomic E-state index is 0.128. The summed E-state index contributed by atoms with van der Waals surface area (Å²) in [5.41, 5.74) is 2.40. The summed E-state index contributed by atoms with van der Waals surface area (Å²) in [4.78, 5) is 23.2. The van der Waals surface area contributed by atoms with E-state index in [1.54, 1.807) is 12.3 Å².